The van der Waals surface area contributed by atoms with Gasteiger partial charge in [-0.15, -0.1) is 0 Å². The maximum Gasteiger partial charge on any atom is 0.135 e. The highest BCUT2D eigenvalue weighted by atomic mass is 79.9. The number of halogens is 1. The Morgan fingerprint density at radius 2 is 2.00 bits per heavy atom. The van der Waals surface area contributed by atoms with Crippen molar-refractivity contribution in [3.05, 3.63) is 46.3 Å². The summed E-state index contributed by atoms with van der Waals surface area (Å²) in [6, 6.07) is 11.6. The van der Waals surface area contributed by atoms with E-state index in [9.17, 15) is 0 Å². The molecule has 1 heterocycles. The maximum absolute atomic E-state index is 8.60. The molecule has 2 rings (SSSR count). The third kappa shape index (κ3) is 3.28. The van der Waals surface area contributed by atoms with E-state index in [-0.39, 0.29) is 0 Å². The van der Waals surface area contributed by atoms with Crippen molar-refractivity contribution in [2.24, 2.45) is 0 Å². The van der Waals surface area contributed by atoms with Crippen LogP contribution in [0.5, 0.6) is 0 Å². The summed E-state index contributed by atoms with van der Waals surface area (Å²) >= 11 is 3.33. The van der Waals surface area contributed by atoms with Gasteiger partial charge < -0.3 is 5.32 Å². The molecule has 1 aromatic heterocycles. The fourth-order valence-corrected chi connectivity index (χ4v) is 2.01. The Kier molecular flexibility index (Phi) is 3.90. The summed E-state index contributed by atoms with van der Waals surface area (Å²) in [7, 11) is 0. The Bertz CT molecular complexity index is 567. The first-order valence-corrected chi connectivity index (χ1v) is 6.21. The van der Waals surface area contributed by atoms with Crippen LogP contribution in [0.1, 0.15) is 11.4 Å². The van der Waals surface area contributed by atoms with Crippen LogP contribution in [-0.2, 0) is 6.42 Å². The van der Waals surface area contributed by atoms with Gasteiger partial charge in [0.05, 0.1) is 12.5 Å². The number of benzene rings is 1. The van der Waals surface area contributed by atoms with Crippen molar-refractivity contribution in [1.29, 1.82) is 5.26 Å². The zero-order valence-electron chi connectivity index (χ0n) is 9.81. The van der Waals surface area contributed by atoms with Crippen LogP contribution in [0.15, 0.2) is 34.9 Å². The van der Waals surface area contributed by atoms with Crippen LogP contribution in [-0.4, -0.2) is 9.97 Å². The topological polar surface area (TPSA) is 61.6 Å². The number of aromatic nitrogens is 2. The Hall–Kier alpha value is -1.93. The highest BCUT2D eigenvalue weighted by Crippen LogP contribution is 2.18. The van der Waals surface area contributed by atoms with Gasteiger partial charge in [-0.25, -0.2) is 9.97 Å². The highest BCUT2D eigenvalue weighted by Gasteiger charge is 2.00. The minimum Gasteiger partial charge on any atom is -0.340 e. The second kappa shape index (κ2) is 5.61. The monoisotopic (exact) mass is 302 g/mol. The maximum atomic E-state index is 8.60. The molecule has 90 valence electrons. The summed E-state index contributed by atoms with van der Waals surface area (Å²) in [5, 5.41) is 11.8. The number of rotatable bonds is 3. The van der Waals surface area contributed by atoms with Gasteiger partial charge in [0.15, 0.2) is 0 Å². The first-order valence-electron chi connectivity index (χ1n) is 5.41. The van der Waals surface area contributed by atoms with Crippen LogP contribution in [0.4, 0.5) is 11.5 Å². The lowest BCUT2D eigenvalue weighted by Crippen LogP contribution is -1.97. The van der Waals surface area contributed by atoms with Crippen LogP contribution in [0.3, 0.4) is 0 Å². The van der Waals surface area contributed by atoms with Crippen LogP contribution in [0, 0.1) is 18.3 Å². The summed E-state index contributed by atoms with van der Waals surface area (Å²) in [4.78, 5) is 8.43. The van der Waals surface area contributed by atoms with Crippen LogP contribution in [0.25, 0.3) is 0 Å². The Labute approximate surface area is 114 Å². The number of hydrogen-bond acceptors (Lipinski definition) is 4. The van der Waals surface area contributed by atoms with Gasteiger partial charge in [0.1, 0.15) is 16.2 Å². The van der Waals surface area contributed by atoms with Crippen molar-refractivity contribution in [2.75, 3.05) is 5.32 Å². The van der Waals surface area contributed by atoms with E-state index in [0.29, 0.717) is 12.2 Å². The normalized spacial score (nSPS) is 9.83. The molecule has 18 heavy (non-hydrogen) atoms. The molecule has 0 unspecified atom stereocenters. The SMILES string of the molecule is Cc1nc(Br)cc(Nc2ccc(CC#N)cc2)n1. The molecule has 0 saturated carbocycles. The summed E-state index contributed by atoms with van der Waals surface area (Å²) in [5.74, 6) is 1.44. The first-order chi connectivity index (χ1) is 8.67. The van der Waals surface area contributed by atoms with Crippen LogP contribution < -0.4 is 5.32 Å². The van der Waals surface area contributed by atoms with E-state index in [1.807, 2.05) is 37.3 Å². The number of aryl methyl sites for hydroxylation is 1. The number of nitrogens with zero attached hydrogens (tertiary/aromatic N) is 3. The molecule has 0 saturated heterocycles. The highest BCUT2D eigenvalue weighted by molar-refractivity contribution is 9.10. The van der Waals surface area contributed by atoms with Gasteiger partial charge in [-0.3, -0.25) is 0 Å². The molecule has 4 nitrogen and oxygen atoms in total. The quantitative estimate of drug-likeness (QED) is 0.883. The molecule has 0 spiro atoms. The van der Waals surface area contributed by atoms with Gasteiger partial charge in [-0.2, -0.15) is 5.26 Å². The predicted molar refractivity (Wildman–Crippen MR) is 73.5 cm³/mol. The van der Waals surface area contributed by atoms with E-state index in [2.05, 4.69) is 37.3 Å². The van der Waals surface area contributed by atoms with E-state index in [4.69, 9.17) is 5.26 Å². The minimum atomic E-state index is 0.429. The van der Waals surface area contributed by atoms with Gasteiger partial charge in [0, 0.05) is 11.8 Å². The van der Waals surface area contributed by atoms with E-state index < -0.39 is 0 Å². The molecule has 0 aliphatic rings. The van der Waals surface area contributed by atoms with E-state index in [0.717, 1.165) is 21.7 Å². The Morgan fingerprint density at radius 3 is 2.61 bits per heavy atom. The van der Waals surface area contributed by atoms with Crippen molar-refractivity contribution in [3.8, 4) is 6.07 Å². The molecule has 0 fully saturated rings. The van der Waals surface area contributed by atoms with E-state index in [1.165, 1.54) is 0 Å². The van der Waals surface area contributed by atoms with Crippen molar-refractivity contribution in [1.82, 2.24) is 9.97 Å². The largest absolute Gasteiger partial charge is 0.340 e. The molecule has 0 atom stereocenters. The number of nitrogens with one attached hydrogen (secondary N) is 1. The van der Waals surface area contributed by atoms with Crippen molar-refractivity contribution < 1.29 is 0 Å². The molecule has 0 aliphatic carbocycles. The summed E-state index contributed by atoms with van der Waals surface area (Å²) in [5.41, 5.74) is 1.93. The predicted octanol–water partition coefficient (Wildman–Crippen LogP) is 3.36. The molecule has 0 radical (unpaired) electrons. The molecular weight excluding hydrogens is 292 g/mol. The lowest BCUT2D eigenvalue weighted by Gasteiger charge is -2.07. The third-order valence-corrected chi connectivity index (χ3v) is 2.72. The lowest BCUT2D eigenvalue weighted by atomic mass is 10.1. The third-order valence-electron chi connectivity index (χ3n) is 2.32. The summed E-state index contributed by atoms with van der Waals surface area (Å²) in [6.07, 6.45) is 0.429. The molecular formula is C13H11BrN4. The Balaban J connectivity index is 2.16. The molecule has 0 bridgehead atoms. The molecule has 0 amide bonds. The average molecular weight is 303 g/mol. The van der Waals surface area contributed by atoms with E-state index >= 15 is 0 Å². The molecule has 5 heteroatoms. The fraction of sp³-hybridized carbons (Fsp3) is 0.154. The molecule has 1 aromatic carbocycles. The van der Waals surface area contributed by atoms with Gasteiger partial charge >= 0.3 is 0 Å². The van der Waals surface area contributed by atoms with Crippen molar-refractivity contribution in [3.63, 3.8) is 0 Å². The first kappa shape index (κ1) is 12.5. The molecule has 2 aromatic rings. The summed E-state index contributed by atoms with van der Waals surface area (Å²) < 4.78 is 0.749. The fourth-order valence-electron chi connectivity index (χ4n) is 1.54. The van der Waals surface area contributed by atoms with Gasteiger partial charge in [-0.05, 0) is 40.5 Å². The lowest BCUT2D eigenvalue weighted by molar-refractivity contribution is 1.04. The smallest absolute Gasteiger partial charge is 0.135 e. The summed E-state index contributed by atoms with van der Waals surface area (Å²) in [6.45, 7) is 1.84. The average Bonchev–Trinajstić information content (AvgIpc) is 2.31. The second-order valence-electron chi connectivity index (χ2n) is 3.78. The molecule has 0 aliphatic heterocycles. The van der Waals surface area contributed by atoms with Gasteiger partial charge in [0.25, 0.3) is 0 Å². The molecule has 1 N–H and O–H groups in total. The second-order valence-corrected chi connectivity index (χ2v) is 4.59. The van der Waals surface area contributed by atoms with Crippen molar-refractivity contribution in [2.45, 2.75) is 13.3 Å². The van der Waals surface area contributed by atoms with E-state index in [1.54, 1.807) is 0 Å². The minimum absolute atomic E-state index is 0.429. The van der Waals surface area contributed by atoms with Gasteiger partial charge in [-0.1, -0.05) is 12.1 Å². The zero-order chi connectivity index (χ0) is 13.0. The van der Waals surface area contributed by atoms with Crippen LogP contribution >= 0.6 is 15.9 Å². The standard InChI is InChI=1S/C13H11BrN4/c1-9-16-12(14)8-13(17-9)18-11-4-2-10(3-5-11)6-7-15/h2-5,8H,6H2,1H3,(H,16,17,18). The van der Waals surface area contributed by atoms with Crippen molar-refractivity contribution >= 4 is 27.4 Å². The van der Waals surface area contributed by atoms with Crippen LogP contribution in [0.2, 0.25) is 0 Å². The number of nitriles is 1. The van der Waals surface area contributed by atoms with Gasteiger partial charge in [0.2, 0.25) is 0 Å². The zero-order valence-corrected chi connectivity index (χ0v) is 11.4. The Morgan fingerprint density at radius 1 is 1.28 bits per heavy atom. The number of hydrogen-bond donors (Lipinski definition) is 1. The number of anilines is 2.